The lowest BCUT2D eigenvalue weighted by molar-refractivity contribution is -0.121. The molecule has 1 amide bonds. The molecular formula is C21H35N3O. The van der Waals surface area contributed by atoms with Crippen LogP contribution in [0.15, 0.2) is 24.3 Å². The summed E-state index contributed by atoms with van der Waals surface area (Å²) in [5, 5.41) is 3.09. The minimum Gasteiger partial charge on any atom is -0.352 e. The van der Waals surface area contributed by atoms with Gasteiger partial charge in [0, 0.05) is 26.1 Å². The maximum absolute atomic E-state index is 12.0. The number of piperidine rings is 1. The van der Waals surface area contributed by atoms with Gasteiger partial charge in [-0.25, -0.2) is 0 Å². The molecule has 1 heterocycles. The number of amides is 1. The zero-order valence-corrected chi connectivity index (χ0v) is 15.8. The van der Waals surface area contributed by atoms with Crippen molar-refractivity contribution < 1.29 is 4.79 Å². The van der Waals surface area contributed by atoms with E-state index in [1.165, 1.54) is 37.1 Å². The summed E-state index contributed by atoms with van der Waals surface area (Å²) in [6.07, 6.45) is 7.50. The second kappa shape index (κ2) is 11.3. The van der Waals surface area contributed by atoms with Gasteiger partial charge in [-0.2, -0.15) is 0 Å². The van der Waals surface area contributed by atoms with E-state index in [0.717, 1.165) is 44.7 Å². The largest absolute Gasteiger partial charge is 0.352 e. The van der Waals surface area contributed by atoms with E-state index >= 15 is 0 Å². The standard InChI is InChI=1S/C21H35N3O/c1-18-9-8-14-24(16-18)17-20-11-6-5-10-19(20)15-23-21(25)12-4-2-3-7-13-22/h5-6,10-11,18H,2-4,7-9,12-17,22H2,1H3,(H,23,25). The fraction of sp³-hybridized carbons (Fsp3) is 0.667. The molecule has 1 fully saturated rings. The summed E-state index contributed by atoms with van der Waals surface area (Å²) in [5.41, 5.74) is 8.08. The molecule has 1 aliphatic rings. The molecule has 1 aromatic rings. The fourth-order valence-corrected chi connectivity index (χ4v) is 3.62. The third kappa shape index (κ3) is 7.57. The fourth-order valence-electron chi connectivity index (χ4n) is 3.62. The van der Waals surface area contributed by atoms with E-state index in [2.05, 4.69) is 41.4 Å². The molecule has 25 heavy (non-hydrogen) atoms. The number of unbranched alkanes of at least 4 members (excludes halogenated alkanes) is 3. The monoisotopic (exact) mass is 345 g/mol. The van der Waals surface area contributed by atoms with Gasteiger partial charge >= 0.3 is 0 Å². The van der Waals surface area contributed by atoms with Crippen molar-refractivity contribution in [2.75, 3.05) is 19.6 Å². The highest BCUT2D eigenvalue weighted by molar-refractivity contribution is 5.75. The van der Waals surface area contributed by atoms with Crippen molar-refractivity contribution >= 4 is 5.91 Å². The molecule has 2 rings (SSSR count). The number of benzene rings is 1. The minimum absolute atomic E-state index is 0.161. The SMILES string of the molecule is CC1CCCN(Cc2ccccc2CNC(=O)CCCCCCN)C1. The molecule has 140 valence electrons. The Labute approximate surface area is 153 Å². The van der Waals surface area contributed by atoms with Gasteiger partial charge in [-0.1, -0.05) is 44.0 Å². The Morgan fingerprint density at radius 2 is 1.96 bits per heavy atom. The summed E-state index contributed by atoms with van der Waals surface area (Å²) in [5.74, 6) is 0.953. The smallest absolute Gasteiger partial charge is 0.220 e. The van der Waals surface area contributed by atoms with E-state index in [4.69, 9.17) is 5.73 Å². The number of nitrogens with two attached hydrogens (primary N) is 1. The minimum atomic E-state index is 0.161. The molecular weight excluding hydrogens is 310 g/mol. The first-order chi connectivity index (χ1) is 12.2. The van der Waals surface area contributed by atoms with Gasteiger partial charge in [0.05, 0.1) is 0 Å². The number of nitrogens with zero attached hydrogens (tertiary/aromatic N) is 1. The predicted molar refractivity (Wildman–Crippen MR) is 104 cm³/mol. The molecule has 4 heteroatoms. The van der Waals surface area contributed by atoms with Gasteiger partial charge in [0.1, 0.15) is 0 Å². The Kier molecular flexibility index (Phi) is 8.98. The molecule has 0 radical (unpaired) electrons. The number of rotatable bonds is 10. The lowest BCUT2D eigenvalue weighted by atomic mass is 9.99. The van der Waals surface area contributed by atoms with Crippen molar-refractivity contribution in [3.8, 4) is 0 Å². The van der Waals surface area contributed by atoms with Crippen LogP contribution in [-0.4, -0.2) is 30.4 Å². The molecule has 1 aromatic carbocycles. The van der Waals surface area contributed by atoms with Crippen molar-refractivity contribution in [3.05, 3.63) is 35.4 Å². The number of nitrogens with one attached hydrogen (secondary N) is 1. The molecule has 0 bridgehead atoms. The predicted octanol–water partition coefficient (Wildman–Crippen LogP) is 3.44. The maximum atomic E-state index is 12.0. The third-order valence-corrected chi connectivity index (χ3v) is 5.09. The molecule has 1 saturated heterocycles. The molecule has 0 aromatic heterocycles. The molecule has 1 atom stereocenters. The van der Waals surface area contributed by atoms with Crippen LogP contribution in [0.4, 0.5) is 0 Å². The van der Waals surface area contributed by atoms with Crippen molar-refractivity contribution in [2.24, 2.45) is 11.7 Å². The van der Waals surface area contributed by atoms with Crippen LogP contribution in [0.3, 0.4) is 0 Å². The molecule has 0 aliphatic carbocycles. The lowest BCUT2D eigenvalue weighted by Gasteiger charge is -2.31. The van der Waals surface area contributed by atoms with Gasteiger partial charge in [0.15, 0.2) is 0 Å². The highest BCUT2D eigenvalue weighted by atomic mass is 16.1. The molecule has 0 saturated carbocycles. The van der Waals surface area contributed by atoms with Gasteiger partial charge in [0.2, 0.25) is 5.91 Å². The van der Waals surface area contributed by atoms with Crippen LogP contribution in [-0.2, 0) is 17.9 Å². The van der Waals surface area contributed by atoms with Crippen LogP contribution in [0.2, 0.25) is 0 Å². The number of carbonyl (C=O) groups excluding carboxylic acids is 1. The lowest BCUT2D eigenvalue weighted by Crippen LogP contribution is -2.34. The van der Waals surface area contributed by atoms with E-state index in [1.807, 2.05) is 0 Å². The summed E-state index contributed by atoms with van der Waals surface area (Å²) in [7, 11) is 0. The molecule has 3 N–H and O–H groups in total. The second-order valence-corrected chi connectivity index (χ2v) is 7.48. The zero-order valence-electron chi connectivity index (χ0n) is 15.8. The van der Waals surface area contributed by atoms with E-state index in [0.29, 0.717) is 13.0 Å². The average molecular weight is 346 g/mol. The van der Waals surface area contributed by atoms with E-state index in [9.17, 15) is 4.79 Å². The highest BCUT2D eigenvalue weighted by Crippen LogP contribution is 2.19. The molecule has 1 unspecified atom stereocenters. The van der Waals surface area contributed by atoms with Crippen LogP contribution in [0, 0.1) is 5.92 Å². The summed E-state index contributed by atoms with van der Waals surface area (Å²) in [6.45, 7) is 7.10. The number of hydrogen-bond donors (Lipinski definition) is 2. The van der Waals surface area contributed by atoms with E-state index < -0.39 is 0 Å². The normalized spacial score (nSPS) is 18.2. The topological polar surface area (TPSA) is 58.4 Å². The number of carbonyl (C=O) groups is 1. The first-order valence-corrected chi connectivity index (χ1v) is 9.95. The maximum Gasteiger partial charge on any atom is 0.220 e. The van der Waals surface area contributed by atoms with Gasteiger partial charge in [-0.3, -0.25) is 9.69 Å². The Balaban J connectivity index is 1.76. The molecule has 1 aliphatic heterocycles. The Morgan fingerprint density at radius 3 is 2.72 bits per heavy atom. The Morgan fingerprint density at radius 1 is 1.20 bits per heavy atom. The van der Waals surface area contributed by atoms with E-state index in [1.54, 1.807) is 0 Å². The van der Waals surface area contributed by atoms with Gasteiger partial charge in [-0.15, -0.1) is 0 Å². The summed E-state index contributed by atoms with van der Waals surface area (Å²) < 4.78 is 0. The number of likely N-dealkylation sites (tertiary alicyclic amines) is 1. The van der Waals surface area contributed by atoms with Crippen molar-refractivity contribution in [1.29, 1.82) is 0 Å². The first-order valence-electron chi connectivity index (χ1n) is 9.95. The van der Waals surface area contributed by atoms with Crippen LogP contribution in [0.5, 0.6) is 0 Å². The first kappa shape index (κ1) is 19.9. The van der Waals surface area contributed by atoms with Crippen molar-refractivity contribution in [2.45, 2.75) is 65.0 Å². The summed E-state index contributed by atoms with van der Waals surface area (Å²) >= 11 is 0. The van der Waals surface area contributed by atoms with Crippen LogP contribution >= 0.6 is 0 Å². The average Bonchev–Trinajstić information content (AvgIpc) is 2.61. The second-order valence-electron chi connectivity index (χ2n) is 7.48. The Hall–Kier alpha value is -1.39. The highest BCUT2D eigenvalue weighted by Gasteiger charge is 2.17. The van der Waals surface area contributed by atoms with Gasteiger partial charge in [-0.05, 0) is 55.8 Å². The van der Waals surface area contributed by atoms with Crippen LogP contribution < -0.4 is 11.1 Å². The summed E-state index contributed by atoms with van der Waals surface area (Å²) in [6, 6.07) is 8.51. The molecule has 0 spiro atoms. The van der Waals surface area contributed by atoms with Crippen molar-refractivity contribution in [3.63, 3.8) is 0 Å². The van der Waals surface area contributed by atoms with Crippen molar-refractivity contribution in [1.82, 2.24) is 10.2 Å². The van der Waals surface area contributed by atoms with Gasteiger partial charge < -0.3 is 11.1 Å². The van der Waals surface area contributed by atoms with Crippen LogP contribution in [0.1, 0.15) is 63.0 Å². The Bertz CT molecular complexity index is 518. The molecule has 4 nitrogen and oxygen atoms in total. The quantitative estimate of drug-likeness (QED) is 0.639. The number of hydrogen-bond acceptors (Lipinski definition) is 3. The summed E-state index contributed by atoms with van der Waals surface area (Å²) in [4.78, 5) is 14.6. The zero-order chi connectivity index (χ0) is 17.9. The van der Waals surface area contributed by atoms with Gasteiger partial charge in [0.25, 0.3) is 0 Å². The van der Waals surface area contributed by atoms with E-state index in [-0.39, 0.29) is 5.91 Å². The third-order valence-electron chi connectivity index (χ3n) is 5.09. The van der Waals surface area contributed by atoms with Crippen LogP contribution in [0.25, 0.3) is 0 Å².